The molecule has 0 atom stereocenters. The van der Waals surface area contributed by atoms with Gasteiger partial charge in [-0.2, -0.15) is 0 Å². The Balaban J connectivity index is 2.31. The van der Waals surface area contributed by atoms with Crippen LogP contribution < -0.4 is 0 Å². The molecule has 1 aliphatic rings. The van der Waals surface area contributed by atoms with Gasteiger partial charge in [-0.25, -0.2) is 0 Å². The molecule has 0 spiro atoms. The van der Waals surface area contributed by atoms with Gasteiger partial charge in [0.1, 0.15) is 0 Å². The van der Waals surface area contributed by atoms with Crippen molar-refractivity contribution in [1.29, 1.82) is 0 Å². The van der Waals surface area contributed by atoms with E-state index in [2.05, 4.69) is 18.7 Å². The Morgan fingerprint density at radius 2 is 2.00 bits per heavy atom. The van der Waals surface area contributed by atoms with Crippen LogP contribution in [0.4, 0.5) is 0 Å². The van der Waals surface area contributed by atoms with Gasteiger partial charge in [-0.05, 0) is 18.8 Å². The maximum Gasteiger partial charge on any atom is 0.319 e. The number of esters is 1. The molecule has 0 aromatic carbocycles. The first-order valence-corrected chi connectivity index (χ1v) is 7.02. The lowest BCUT2D eigenvalue weighted by Gasteiger charge is -2.27. The molecule has 0 N–H and O–H groups in total. The third kappa shape index (κ3) is 5.83. The predicted octanol–water partition coefficient (Wildman–Crippen LogP) is 2.08. The van der Waals surface area contributed by atoms with E-state index in [1.165, 1.54) is 32.8 Å². The molecule has 18 heavy (non-hydrogen) atoms. The van der Waals surface area contributed by atoms with Crippen molar-refractivity contribution in [3.63, 3.8) is 0 Å². The molecular weight excluding hydrogens is 230 g/mol. The van der Waals surface area contributed by atoms with Crippen molar-refractivity contribution in [2.45, 2.75) is 45.6 Å². The van der Waals surface area contributed by atoms with Gasteiger partial charge in [0.2, 0.25) is 0 Å². The van der Waals surface area contributed by atoms with E-state index in [-0.39, 0.29) is 5.97 Å². The lowest BCUT2D eigenvalue weighted by Crippen LogP contribution is -2.40. The van der Waals surface area contributed by atoms with Crippen molar-refractivity contribution in [1.82, 2.24) is 4.90 Å². The van der Waals surface area contributed by atoms with Crippen molar-refractivity contribution in [2.24, 2.45) is 5.92 Å². The van der Waals surface area contributed by atoms with E-state index < -0.39 is 0 Å². The van der Waals surface area contributed by atoms with Gasteiger partial charge in [0.05, 0.1) is 20.3 Å². The number of methoxy groups -OCH3 is 1. The summed E-state index contributed by atoms with van der Waals surface area (Å²) in [4.78, 5) is 13.6. The highest BCUT2D eigenvalue weighted by Gasteiger charge is 2.24. The molecule has 0 unspecified atom stereocenters. The van der Waals surface area contributed by atoms with Crippen LogP contribution in [0.15, 0.2) is 0 Å². The van der Waals surface area contributed by atoms with Gasteiger partial charge < -0.3 is 9.47 Å². The lowest BCUT2D eigenvalue weighted by molar-refractivity contribution is -0.142. The van der Waals surface area contributed by atoms with Crippen molar-refractivity contribution in [3.8, 4) is 0 Å². The summed E-state index contributed by atoms with van der Waals surface area (Å²) >= 11 is 0. The zero-order valence-corrected chi connectivity index (χ0v) is 12.0. The summed E-state index contributed by atoms with van der Waals surface area (Å²) in [5.41, 5.74) is 0. The van der Waals surface area contributed by atoms with Crippen molar-refractivity contribution in [3.05, 3.63) is 0 Å². The van der Waals surface area contributed by atoms with Crippen molar-refractivity contribution < 1.29 is 14.3 Å². The van der Waals surface area contributed by atoms with Crippen molar-refractivity contribution in [2.75, 3.05) is 33.4 Å². The summed E-state index contributed by atoms with van der Waals surface area (Å²) < 4.78 is 10.4. The molecule has 1 saturated carbocycles. The summed E-state index contributed by atoms with van der Waals surface area (Å²) in [6.45, 7) is 6.99. The Kier molecular flexibility index (Phi) is 7.28. The Bertz CT molecular complexity index is 237. The first-order chi connectivity index (χ1) is 8.63. The SMILES string of the molecule is COC(=O)CN(CCOCC(C)C)C1CCCC1. The lowest BCUT2D eigenvalue weighted by atomic mass is 10.2. The second kappa shape index (κ2) is 8.48. The van der Waals surface area contributed by atoms with Gasteiger partial charge in [-0.3, -0.25) is 9.69 Å². The molecule has 4 heteroatoms. The average molecular weight is 257 g/mol. The normalized spacial score (nSPS) is 16.7. The topological polar surface area (TPSA) is 38.8 Å². The number of nitrogens with zero attached hydrogens (tertiary/aromatic N) is 1. The number of carbonyl (C=O) groups is 1. The third-order valence-electron chi connectivity index (χ3n) is 3.37. The zero-order chi connectivity index (χ0) is 13.4. The van der Waals surface area contributed by atoms with E-state index in [1.807, 2.05) is 0 Å². The number of rotatable bonds is 8. The summed E-state index contributed by atoms with van der Waals surface area (Å²) in [6.07, 6.45) is 4.94. The van der Waals surface area contributed by atoms with Crippen LogP contribution in [-0.2, 0) is 14.3 Å². The summed E-state index contributed by atoms with van der Waals surface area (Å²) in [6, 6.07) is 0.534. The van der Waals surface area contributed by atoms with E-state index >= 15 is 0 Å². The number of hydrogen-bond donors (Lipinski definition) is 0. The molecule has 0 amide bonds. The Morgan fingerprint density at radius 3 is 2.56 bits per heavy atom. The second-order valence-electron chi connectivity index (χ2n) is 5.45. The smallest absolute Gasteiger partial charge is 0.319 e. The minimum Gasteiger partial charge on any atom is -0.468 e. The Morgan fingerprint density at radius 1 is 1.33 bits per heavy atom. The molecule has 0 bridgehead atoms. The van der Waals surface area contributed by atoms with Crippen LogP contribution in [0.5, 0.6) is 0 Å². The van der Waals surface area contributed by atoms with Gasteiger partial charge >= 0.3 is 5.97 Å². The molecule has 1 aliphatic carbocycles. The van der Waals surface area contributed by atoms with Gasteiger partial charge in [0.15, 0.2) is 0 Å². The first-order valence-electron chi connectivity index (χ1n) is 7.02. The van der Waals surface area contributed by atoms with E-state index in [4.69, 9.17) is 9.47 Å². The van der Waals surface area contributed by atoms with Gasteiger partial charge in [0.25, 0.3) is 0 Å². The van der Waals surface area contributed by atoms with Crippen molar-refractivity contribution >= 4 is 5.97 Å². The number of carbonyl (C=O) groups excluding carboxylic acids is 1. The molecule has 0 aromatic heterocycles. The van der Waals surface area contributed by atoms with E-state index in [0.29, 0.717) is 25.1 Å². The quantitative estimate of drug-likeness (QED) is 0.493. The molecular formula is C14H27NO3. The van der Waals surface area contributed by atoms with Crippen LogP contribution in [0.2, 0.25) is 0 Å². The fraction of sp³-hybridized carbons (Fsp3) is 0.929. The van der Waals surface area contributed by atoms with Crippen LogP contribution in [0.1, 0.15) is 39.5 Å². The minimum absolute atomic E-state index is 0.147. The maximum atomic E-state index is 11.4. The Hall–Kier alpha value is -0.610. The van der Waals surface area contributed by atoms with Crippen LogP contribution in [0.3, 0.4) is 0 Å². The van der Waals surface area contributed by atoms with Crippen LogP contribution in [0.25, 0.3) is 0 Å². The molecule has 0 aromatic rings. The van der Waals surface area contributed by atoms with E-state index in [0.717, 1.165) is 13.2 Å². The standard InChI is InChI=1S/C14H27NO3/c1-12(2)11-18-9-8-15(10-14(16)17-3)13-6-4-5-7-13/h12-13H,4-11H2,1-3H3. The third-order valence-corrected chi connectivity index (χ3v) is 3.37. The predicted molar refractivity (Wildman–Crippen MR) is 71.5 cm³/mol. The highest BCUT2D eigenvalue weighted by atomic mass is 16.5. The first kappa shape index (κ1) is 15.4. The molecule has 0 saturated heterocycles. The van der Waals surface area contributed by atoms with Gasteiger partial charge in [0, 0.05) is 19.2 Å². The fourth-order valence-corrected chi connectivity index (χ4v) is 2.39. The largest absolute Gasteiger partial charge is 0.468 e. The van der Waals surface area contributed by atoms with Crippen LogP contribution >= 0.6 is 0 Å². The molecule has 4 nitrogen and oxygen atoms in total. The monoisotopic (exact) mass is 257 g/mol. The number of ether oxygens (including phenoxy) is 2. The van der Waals surface area contributed by atoms with Gasteiger partial charge in [-0.15, -0.1) is 0 Å². The van der Waals surface area contributed by atoms with Crippen LogP contribution in [-0.4, -0.2) is 50.3 Å². The van der Waals surface area contributed by atoms with Crippen LogP contribution in [0, 0.1) is 5.92 Å². The molecule has 1 rings (SSSR count). The van der Waals surface area contributed by atoms with E-state index in [9.17, 15) is 4.79 Å². The highest BCUT2D eigenvalue weighted by Crippen LogP contribution is 2.23. The van der Waals surface area contributed by atoms with Gasteiger partial charge in [-0.1, -0.05) is 26.7 Å². The minimum atomic E-state index is -0.147. The zero-order valence-electron chi connectivity index (χ0n) is 12.0. The molecule has 106 valence electrons. The highest BCUT2D eigenvalue weighted by molar-refractivity contribution is 5.71. The molecule has 0 aliphatic heterocycles. The summed E-state index contributed by atoms with van der Waals surface area (Å²) in [7, 11) is 1.45. The fourth-order valence-electron chi connectivity index (χ4n) is 2.39. The second-order valence-corrected chi connectivity index (χ2v) is 5.45. The molecule has 0 radical (unpaired) electrons. The summed E-state index contributed by atoms with van der Waals surface area (Å²) in [5.74, 6) is 0.413. The maximum absolute atomic E-state index is 11.4. The molecule has 1 fully saturated rings. The Labute approximate surface area is 111 Å². The number of hydrogen-bond acceptors (Lipinski definition) is 4. The average Bonchev–Trinajstić information content (AvgIpc) is 2.86. The molecule has 0 heterocycles. The van der Waals surface area contributed by atoms with E-state index in [1.54, 1.807) is 0 Å². The summed E-state index contributed by atoms with van der Waals surface area (Å²) in [5, 5.41) is 0.